The Kier molecular flexibility index (Phi) is 5.65. The molecular weight excluding hydrogens is 410 g/mol. The molecule has 1 saturated carbocycles. The van der Waals surface area contributed by atoms with Crippen LogP contribution in [0.1, 0.15) is 49.1 Å². The van der Waals surface area contributed by atoms with Gasteiger partial charge in [-0.05, 0) is 49.4 Å². The molecule has 4 rings (SSSR count). The number of nitrogens with zero attached hydrogens (tertiary/aromatic N) is 1. The van der Waals surface area contributed by atoms with Gasteiger partial charge >= 0.3 is 0 Å². The number of rotatable bonds is 5. The minimum Gasteiger partial charge on any atom is -0.507 e. The number of Topliss-reactive ketones (excluding diaryl/α,β-unsaturated/α-hetero) is 1. The molecule has 1 aromatic heterocycles. The SMILES string of the molecule is CCOc1ccc(Cl)c(/C(O)=C2/C(=O)C(=O)N(C3CCCC3)C2c2cccs2)c1. The minimum atomic E-state index is -0.661. The zero-order chi connectivity index (χ0) is 20.5. The topological polar surface area (TPSA) is 66.8 Å². The second-order valence-corrected chi connectivity index (χ2v) is 8.62. The van der Waals surface area contributed by atoms with Gasteiger partial charge in [-0.25, -0.2) is 0 Å². The third kappa shape index (κ3) is 3.55. The fourth-order valence-corrected chi connectivity index (χ4v) is 5.26. The summed E-state index contributed by atoms with van der Waals surface area (Å²) in [5.41, 5.74) is 0.392. The van der Waals surface area contributed by atoms with Crippen LogP contribution in [0.3, 0.4) is 0 Å². The van der Waals surface area contributed by atoms with Crippen molar-refractivity contribution in [2.45, 2.75) is 44.7 Å². The van der Waals surface area contributed by atoms with Crippen molar-refractivity contribution >= 4 is 40.4 Å². The number of hydrogen-bond acceptors (Lipinski definition) is 5. The molecule has 0 bridgehead atoms. The van der Waals surface area contributed by atoms with E-state index in [1.165, 1.54) is 11.3 Å². The van der Waals surface area contributed by atoms with Crippen LogP contribution in [0, 0.1) is 0 Å². The van der Waals surface area contributed by atoms with Crippen LogP contribution < -0.4 is 4.74 Å². The Morgan fingerprint density at radius 2 is 2.03 bits per heavy atom. The lowest BCUT2D eigenvalue weighted by Gasteiger charge is -2.29. The molecule has 2 heterocycles. The lowest BCUT2D eigenvalue weighted by Crippen LogP contribution is -2.37. The van der Waals surface area contributed by atoms with Crippen LogP contribution in [0.4, 0.5) is 0 Å². The summed E-state index contributed by atoms with van der Waals surface area (Å²) < 4.78 is 5.51. The number of benzene rings is 1. The highest BCUT2D eigenvalue weighted by atomic mass is 35.5. The molecule has 2 aliphatic rings. The summed E-state index contributed by atoms with van der Waals surface area (Å²) in [4.78, 5) is 28.5. The van der Waals surface area contributed by atoms with Gasteiger partial charge in [0, 0.05) is 16.5 Å². The molecule has 2 aromatic rings. The first-order valence-corrected chi connectivity index (χ1v) is 11.0. The van der Waals surface area contributed by atoms with Crippen molar-refractivity contribution in [3.63, 3.8) is 0 Å². The standard InChI is InChI=1S/C22H22ClNO4S/c1-2-28-14-9-10-16(23)15(12-14)20(25)18-19(17-8-5-11-29-17)24(22(27)21(18)26)13-6-3-4-7-13/h5,8-13,19,25H,2-4,6-7H2,1H3/b20-18-. The number of amides is 1. The normalized spacial score (nSPS) is 21.9. The molecule has 0 spiro atoms. The number of ether oxygens (including phenoxy) is 1. The number of carbonyl (C=O) groups excluding carboxylic acids is 2. The van der Waals surface area contributed by atoms with Gasteiger partial charge in [-0.3, -0.25) is 9.59 Å². The Balaban J connectivity index is 1.87. The molecule has 1 aromatic carbocycles. The molecule has 7 heteroatoms. The molecule has 1 saturated heterocycles. The van der Waals surface area contributed by atoms with Crippen LogP contribution in [0.15, 0.2) is 41.3 Å². The van der Waals surface area contributed by atoms with Gasteiger partial charge in [0.15, 0.2) is 0 Å². The number of thiophene rings is 1. The number of ketones is 1. The first kappa shape index (κ1) is 20.0. The van der Waals surface area contributed by atoms with E-state index in [1.807, 2.05) is 24.4 Å². The summed E-state index contributed by atoms with van der Waals surface area (Å²) in [6.07, 6.45) is 3.81. The highest BCUT2D eigenvalue weighted by Gasteiger charge is 2.49. The van der Waals surface area contributed by atoms with Crippen molar-refractivity contribution in [3.8, 4) is 5.75 Å². The Hall–Kier alpha value is -2.31. The van der Waals surface area contributed by atoms with E-state index in [4.69, 9.17) is 16.3 Å². The first-order chi connectivity index (χ1) is 14.0. The fourth-order valence-electron chi connectivity index (χ4n) is 4.22. The smallest absolute Gasteiger partial charge is 0.295 e. The Morgan fingerprint density at radius 1 is 1.28 bits per heavy atom. The second-order valence-electron chi connectivity index (χ2n) is 7.23. The van der Waals surface area contributed by atoms with Gasteiger partial charge in [0.2, 0.25) is 0 Å². The van der Waals surface area contributed by atoms with E-state index in [2.05, 4.69) is 0 Å². The van der Waals surface area contributed by atoms with E-state index < -0.39 is 17.7 Å². The second kappa shape index (κ2) is 8.20. The number of aliphatic hydroxyl groups excluding tert-OH is 1. The number of likely N-dealkylation sites (tertiary alicyclic amines) is 1. The van der Waals surface area contributed by atoms with Gasteiger partial charge in [0.25, 0.3) is 11.7 Å². The van der Waals surface area contributed by atoms with Crippen LogP contribution in [0.2, 0.25) is 5.02 Å². The molecule has 1 atom stereocenters. The van der Waals surface area contributed by atoms with Gasteiger partial charge in [0.05, 0.1) is 23.2 Å². The molecule has 2 fully saturated rings. The quantitative estimate of drug-likeness (QED) is 0.403. The predicted octanol–water partition coefficient (Wildman–Crippen LogP) is 5.16. The third-order valence-corrected chi connectivity index (χ3v) is 6.77. The summed E-state index contributed by atoms with van der Waals surface area (Å²) >= 11 is 7.80. The van der Waals surface area contributed by atoms with Crippen molar-refractivity contribution < 1.29 is 19.4 Å². The van der Waals surface area contributed by atoms with E-state index in [9.17, 15) is 14.7 Å². The van der Waals surface area contributed by atoms with E-state index in [1.54, 1.807) is 23.1 Å². The van der Waals surface area contributed by atoms with Gasteiger partial charge in [-0.2, -0.15) is 0 Å². The van der Waals surface area contributed by atoms with Gasteiger partial charge in [-0.15, -0.1) is 11.3 Å². The maximum absolute atomic E-state index is 13.0. The Bertz CT molecular complexity index is 963. The van der Waals surface area contributed by atoms with Crippen molar-refractivity contribution in [3.05, 3.63) is 56.7 Å². The summed E-state index contributed by atoms with van der Waals surface area (Å²) in [6, 6.07) is 8.13. The van der Waals surface area contributed by atoms with E-state index >= 15 is 0 Å². The number of hydrogen-bond donors (Lipinski definition) is 1. The maximum atomic E-state index is 13.0. The van der Waals surface area contributed by atoms with Crippen LogP contribution in [0.5, 0.6) is 5.75 Å². The van der Waals surface area contributed by atoms with E-state index in [0.717, 1.165) is 30.6 Å². The maximum Gasteiger partial charge on any atom is 0.295 e. The largest absolute Gasteiger partial charge is 0.507 e. The molecular formula is C22H22ClNO4S. The molecule has 1 aliphatic heterocycles. The molecule has 152 valence electrons. The van der Waals surface area contributed by atoms with Gasteiger partial charge in [-0.1, -0.05) is 30.5 Å². The van der Waals surface area contributed by atoms with E-state index in [-0.39, 0.29) is 17.4 Å². The molecule has 1 amide bonds. The van der Waals surface area contributed by atoms with Crippen LogP contribution in [-0.2, 0) is 9.59 Å². The monoisotopic (exact) mass is 431 g/mol. The minimum absolute atomic E-state index is 0.00841. The van der Waals surface area contributed by atoms with Crippen molar-refractivity contribution in [1.82, 2.24) is 4.90 Å². The highest BCUT2D eigenvalue weighted by molar-refractivity contribution is 7.10. The lowest BCUT2D eigenvalue weighted by atomic mass is 9.99. The Labute approximate surface area is 178 Å². The lowest BCUT2D eigenvalue weighted by molar-refractivity contribution is -0.141. The van der Waals surface area contributed by atoms with Crippen LogP contribution in [0.25, 0.3) is 5.76 Å². The van der Waals surface area contributed by atoms with Crippen molar-refractivity contribution in [2.24, 2.45) is 0 Å². The number of halogens is 1. The van der Waals surface area contributed by atoms with Crippen LogP contribution in [-0.4, -0.2) is 34.3 Å². The average Bonchev–Trinajstić information content (AvgIpc) is 3.45. The molecule has 1 N–H and O–H groups in total. The summed E-state index contributed by atoms with van der Waals surface area (Å²) in [5, 5.41) is 13.4. The number of aliphatic hydroxyl groups is 1. The average molecular weight is 432 g/mol. The summed E-state index contributed by atoms with van der Waals surface area (Å²) in [6.45, 7) is 2.32. The van der Waals surface area contributed by atoms with Crippen molar-refractivity contribution in [2.75, 3.05) is 6.61 Å². The van der Waals surface area contributed by atoms with Crippen molar-refractivity contribution in [1.29, 1.82) is 0 Å². The molecule has 29 heavy (non-hydrogen) atoms. The van der Waals surface area contributed by atoms with Gasteiger partial charge in [0.1, 0.15) is 11.5 Å². The predicted molar refractivity (Wildman–Crippen MR) is 113 cm³/mol. The fraction of sp³-hybridized carbons (Fsp3) is 0.364. The van der Waals surface area contributed by atoms with E-state index in [0.29, 0.717) is 22.9 Å². The highest BCUT2D eigenvalue weighted by Crippen LogP contribution is 2.45. The molecule has 0 radical (unpaired) electrons. The molecule has 1 aliphatic carbocycles. The zero-order valence-electron chi connectivity index (χ0n) is 16.1. The summed E-state index contributed by atoms with van der Waals surface area (Å²) in [5.74, 6) is -0.926. The Morgan fingerprint density at radius 3 is 2.69 bits per heavy atom. The van der Waals surface area contributed by atoms with Crippen LogP contribution >= 0.6 is 22.9 Å². The zero-order valence-corrected chi connectivity index (χ0v) is 17.6. The molecule has 5 nitrogen and oxygen atoms in total. The van der Waals surface area contributed by atoms with Gasteiger partial charge < -0.3 is 14.7 Å². The first-order valence-electron chi connectivity index (χ1n) is 9.79. The number of carbonyl (C=O) groups is 2. The third-order valence-electron chi connectivity index (χ3n) is 5.51. The molecule has 1 unspecified atom stereocenters. The summed E-state index contributed by atoms with van der Waals surface area (Å²) in [7, 11) is 0.